The monoisotopic (exact) mass is 446 g/mol. The molecule has 3 rings (SSSR count). The second-order valence-electron chi connectivity index (χ2n) is 8.33. The molecule has 0 bridgehead atoms. The minimum atomic E-state index is -0.119. The molecule has 1 heterocycles. The van der Waals surface area contributed by atoms with E-state index >= 15 is 0 Å². The van der Waals surface area contributed by atoms with Crippen LogP contribution in [0.5, 0.6) is 17.2 Å². The third-order valence-corrected chi connectivity index (χ3v) is 7.15. The second-order valence-corrected chi connectivity index (χ2v) is 9.31. The van der Waals surface area contributed by atoms with E-state index in [9.17, 15) is 4.79 Å². The first-order chi connectivity index (χ1) is 15.0. The SMILES string of the molecule is COc1cc(C(=O)NCC2CCC(C(c3cccs3)N(C)C)CC2)cc(OC)c1OC. The predicted octanol–water partition coefficient (Wildman–Crippen LogP) is 4.61. The number of nitrogens with zero attached hydrogens (tertiary/aromatic N) is 1. The van der Waals surface area contributed by atoms with E-state index in [1.165, 1.54) is 17.7 Å². The summed E-state index contributed by atoms with van der Waals surface area (Å²) in [5, 5.41) is 5.27. The van der Waals surface area contributed by atoms with Crippen LogP contribution in [0, 0.1) is 11.8 Å². The van der Waals surface area contributed by atoms with Crippen LogP contribution in [0.4, 0.5) is 0 Å². The molecule has 2 aromatic rings. The van der Waals surface area contributed by atoms with Gasteiger partial charge in [-0.1, -0.05) is 6.07 Å². The Morgan fingerprint density at radius 1 is 1.10 bits per heavy atom. The molecule has 6 nitrogen and oxygen atoms in total. The molecule has 0 saturated heterocycles. The zero-order valence-corrected chi connectivity index (χ0v) is 20.0. The van der Waals surface area contributed by atoms with Crippen molar-refractivity contribution in [3.8, 4) is 17.2 Å². The number of carbonyl (C=O) groups excluding carboxylic acids is 1. The molecular weight excluding hydrogens is 412 g/mol. The van der Waals surface area contributed by atoms with Gasteiger partial charge in [-0.05, 0) is 75.2 Å². The molecule has 1 amide bonds. The van der Waals surface area contributed by atoms with Gasteiger partial charge in [0.05, 0.1) is 21.3 Å². The Bertz CT molecular complexity index is 820. The van der Waals surface area contributed by atoms with Crippen LogP contribution in [0.25, 0.3) is 0 Å². The fourth-order valence-corrected chi connectivity index (χ4v) is 5.64. The Labute approximate surface area is 189 Å². The van der Waals surface area contributed by atoms with Crippen LogP contribution < -0.4 is 19.5 Å². The topological polar surface area (TPSA) is 60.0 Å². The molecule has 170 valence electrons. The van der Waals surface area contributed by atoms with E-state index in [4.69, 9.17) is 14.2 Å². The van der Waals surface area contributed by atoms with Crippen molar-refractivity contribution in [2.45, 2.75) is 31.7 Å². The first-order valence-corrected chi connectivity index (χ1v) is 11.6. The van der Waals surface area contributed by atoms with Crippen molar-refractivity contribution >= 4 is 17.2 Å². The lowest BCUT2D eigenvalue weighted by Crippen LogP contribution is -2.34. The highest BCUT2D eigenvalue weighted by molar-refractivity contribution is 7.10. The molecule has 1 atom stereocenters. The van der Waals surface area contributed by atoms with Gasteiger partial charge in [0, 0.05) is 23.0 Å². The quantitative estimate of drug-likeness (QED) is 0.609. The van der Waals surface area contributed by atoms with E-state index in [1.54, 1.807) is 33.5 Å². The largest absolute Gasteiger partial charge is 0.493 e. The summed E-state index contributed by atoms with van der Waals surface area (Å²) in [6.45, 7) is 0.688. The summed E-state index contributed by atoms with van der Waals surface area (Å²) in [5.74, 6) is 2.50. The molecule has 31 heavy (non-hydrogen) atoms. The average Bonchev–Trinajstić information content (AvgIpc) is 3.31. The maximum absolute atomic E-state index is 12.8. The third-order valence-electron chi connectivity index (χ3n) is 6.21. The zero-order chi connectivity index (χ0) is 22.4. The number of hydrogen-bond donors (Lipinski definition) is 1. The van der Waals surface area contributed by atoms with Crippen molar-refractivity contribution < 1.29 is 19.0 Å². The van der Waals surface area contributed by atoms with Gasteiger partial charge in [-0.25, -0.2) is 0 Å². The number of rotatable bonds is 9. The molecule has 1 aromatic heterocycles. The smallest absolute Gasteiger partial charge is 0.251 e. The average molecular weight is 447 g/mol. The van der Waals surface area contributed by atoms with Crippen molar-refractivity contribution in [3.05, 3.63) is 40.1 Å². The van der Waals surface area contributed by atoms with E-state index in [0.29, 0.717) is 47.2 Å². The predicted molar refractivity (Wildman–Crippen MR) is 125 cm³/mol. The summed E-state index contributed by atoms with van der Waals surface area (Å²) in [5.41, 5.74) is 0.508. The summed E-state index contributed by atoms with van der Waals surface area (Å²) in [6.07, 6.45) is 4.64. The van der Waals surface area contributed by atoms with E-state index in [2.05, 4.69) is 41.8 Å². The summed E-state index contributed by atoms with van der Waals surface area (Å²) in [4.78, 5) is 16.6. The van der Waals surface area contributed by atoms with Crippen LogP contribution >= 0.6 is 11.3 Å². The molecule has 1 unspecified atom stereocenters. The number of hydrogen-bond acceptors (Lipinski definition) is 6. The molecule has 1 saturated carbocycles. The lowest BCUT2D eigenvalue weighted by Gasteiger charge is -2.37. The number of carbonyl (C=O) groups is 1. The number of ether oxygens (including phenoxy) is 3. The van der Waals surface area contributed by atoms with E-state index < -0.39 is 0 Å². The van der Waals surface area contributed by atoms with Crippen LogP contribution in [0.2, 0.25) is 0 Å². The van der Waals surface area contributed by atoms with Gasteiger partial charge in [-0.15, -0.1) is 11.3 Å². The molecule has 1 N–H and O–H groups in total. The molecule has 1 aliphatic rings. The minimum Gasteiger partial charge on any atom is -0.493 e. The number of nitrogens with one attached hydrogen (secondary N) is 1. The number of amides is 1. The van der Waals surface area contributed by atoms with Gasteiger partial charge in [-0.3, -0.25) is 4.79 Å². The summed E-state index contributed by atoms with van der Waals surface area (Å²) in [6, 6.07) is 8.25. The van der Waals surface area contributed by atoms with Crippen LogP contribution in [0.1, 0.15) is 47.0 Å². The Morgan fingerprint density at radius 3 is 2.23 bits per heavy atom. The molecular formula is C24H34N2O4S. The van der Waals surface area contributed by atoms with Crippen molar-refractivity contribution in [1.82, 2.24) is 10.2 Å². The first-order valence-electron chi connectivity index (χ1n) is 10.8. The Hall–Kier alpha value is -2.25. The lowest BCUT2D eigenvalue weighted by molar-refractivity contribution is 0.0934. The molecule has 1 fully saturated rings. The Kier molecular flexibility index (Phi) is 8.21. The van der Waals surface area contributed by atoms with E-state index in [0.717, 1.165) is 12.8 Å². The third kappa shape index (κ3) is 5.52. The van der Waals surface area contributed by atoms with Gasteiger partial charge in [0.1, 0.15) is 0 Å². The number of methoxy groups -OCH3 is 3. The molecule has 1 aromatic carbocycles. The Balaban J connectivity index is 1.56. The zero-order valence-electron chi connectivity index (χ0n) is 19.1. The van der Waals surface area contributed by atoms with Crippen molar-refractivity contribution in [3.63, 3.8) is 0 Å². The first kappa shape index (κ1) is 23.4. The highest BCUT2D eigenvalue weighted by Gasteiger charge is 2.30. The van der Waals surface area contributed by atoms with Crippen molar-refractivity contribution in [2.75, 3.05) is 42.0 Å². The summed E-state index contributed by atoms with van der Waals surface area (Å²) in [7, 11) is 9.00. The van der Waals surface area contributed by atoms with Crippen LogP contribution in [-0.4, -0.2) is 52.8 Å². The van der Waals surface area contributed by atoms with Crippen molar-refractivity contribution in [2.24, 2.45) is 11.8 Å². The molecule has 0 radical (unpaired) electrons. The molecule has 7 heteroatoms. The Morgan fingerprint density at radius 2 is 1.74 bits per heavy atom. The fraction of sp³-hybridized carbons (Fsp3) is 0.542. The second kappa shape index (κ2) is 10.9. The fourth-order valence-electron chi connectivity index (χ4n) is 4.63. The van der Waals surface area contributed by atoms with E-state index in [-0.39, 0.29) is 5.91 Å². The number of benzene rings is 1. The summed E-state index contributed by atoms with van der Waals surface area (Å²) < 4.78 is 16.1. The van der Waals surface area contributed by atoms with Crippen LogP contribution in [0.3, 0.4) is 0 Å². The number of thiophene rings is 1. The highest BCUT2D eigenvalue weighted by atomic mass is 32.1. The molecule has 0 spiro atoms. The van der Waals surface area contributed by atoms with Crippen LogP contribution in [0.15, 0.2) is 29.6 Å². The standard InChI is InChI=1S/C24H34N2O4S/c1-26(2)22(21-7-6-12-31-21)17-10-8-16(9-11-17)15-25-24(27)18-13-19(28-3)23(30-5)20(14-18)29-4/h6-7,12-14,16-17,22H,8-11,15H2,1-5H3,(H,25,27). The summed E-state index contributed by atoms with van der Waals surface area (Å²) >= 11 is 1.85. The minimum absolute atomic E-state index is 0.119. The van der Waals surface area contributed by atoms with E-state index in [1.807, 2.05) is 11.3 Å². The molecule has 0 aliphatic heterocycles. The normalized spacial score (nSPS) is 19.7. The maximum atomic E-state index is 12.8. The molecule has 1 aliphatic carbocycles. The van der Waals surface area contributed by atoms with Crippen LogP contribution in [-0.2, 0) is 0 Å². The highest BCUT2D eigenvalue weighted by Crippen LogP contribution is 2.41. The van der Waals surface area contributed by atoms with Gasteiger partial charge in [-0.2, -0.15) is 0 Å². The van der Waals surface area contributed by atoms with Gasteiger partial charge < -0.3 is 24.4 Å². The van der Waals surface area contributed by atoms with Gasteiger partial charge in [0.15, 0.2) is 11.5 Å². The maximum Gasteiger partial charge on any atom is 0.251 e. The van der Waals surface area contributed by atoms with Gasteiger partial charge in [0.2, 0.25) is 5.75 Å². The van der Waals surface area contributed by atoms with Crippen molar-refractivity contribution in [1.29, 1.82) is 0 Å². The lowest BCUT2D eigenvalue weighted by atomic mass is 9.77. The van der Waals surface area contributed by atoms with Gasteiger partial charge >= 0.3 is 0 Å². The van der Waals surface area contributed by atoms with Gasteiger partial charge in [0.25, 0.3) is 5.91 Å².